The Kier molecular flexibility index (Phi) is 16.4. The fourth-order valence-electron chi connectivity index (χ4n) is 3.44. The molecule has 152 valence electrons. The van der Waals surface area contributed by atoms with Crippen LogP contribution in [0.2, 0.25) is 0 Å². The average Bonchev–Trinajstić information content (AvgIpc) is 2.54. The third-order valence-corrected chi connectivity index (χ3v) is 7.80. The van der Waals surface area contributed by atoms with Crippen LogP contribution in [0.4, 0.5) is 0 Å². The number of likely N-dealkylation sites (N-methyl/N-ethyl adjacent to an activating group) is 1. The number of aliphatic hydroxyl groups is 1. The molecule has 0 fully saturated rings. The molecular formula is C21H47NO2P+. The van der Waals surface area contributed by atoms with Crippen LogP contribution in [-0.2, 0) is 4.57 Å². The van der Waals surface area contributed by atoms with Crippen LogP contribution in [-0.4, -0.2) is 49.3 Å². The molecule has 2 atom stereocenters. The van der Waals surface area contributed by atoms with Crippen molar-refractivity contribution in [2.24, 2.45) is 0 Å². The number of quaternary nitrogens is 1. The Bertz CT molecular complexity index is 316. The topological polar surface area (TPSA) is 37.3 Å². The molecule has 0 aromatic heterocycles. The van der Waals surface area contributed by atoms with E-state index in [-0.39, 0.29) is 12.4 Å². The molecule has 4 heteroatoms. The minimum atomic E-state index is -1.68. The molecule has 1 N–H and O–H groups in total. The summed E-state index contributed by atoms with van der Waals surface area (Å²) in [4.78, 5) is 0. The molecule has 25 heavy (non-hydrogen) atoms. The number of nitrogens with zero attached hydrogens (tertiary/aromatic N) is 1. The minimum Gasteiger partial charge on any atom is -0.390 e. The lowest BCUT2D eigenvalue weighted by Gasteiger charge is -2.32. The lowest BCUT2D eigenvalue weighted by atomic mass is 10.0. The molecule has 0 heterocycles. The number of hydrogen-bond acceptors (Lipinski definition) is 2. The van der Waals surface area contributed by atoms with Gasteiger partial charge < -0.3 is 14.2 Å². The van der Waals surface area contributed by atoms with Gasteiger partial charge in [-0.3, -0.25) is 0 Å². The van der Waals surface area contributed by atoms with E-state index in [9.17, 15) is 9.67 Å². The van der Waals surface area contributed by atoms with Crippen molar-refractivity contribution >= 4 is 7.80 Å². The molecule has 0 aliphatic heterocycles. The van der Waals surface area contributed by atoms with Crippen LogP contribution < -0.4 is 0 Å². The molecule has 0 radical (unpaired) electrons. The van der Waals surface area contributed by atoms with E-state index in [4.69, 9.17) is 0 Å². The zero-order valence-corrected chi connectivity index (χ0v) is 18.7. The monoisotopic (exact) mass is 376 g/mol. The average molecular weight is 377 g/mol. The Hall–Kier alpha value is 0.150. The summed E-state index contributed by atoms with van der Waals surface area (Å²) >= 11 is 0. The van der Waals surface area contributed by atoms with Gasteiger partial charge in [0.25, 0.3) is 0 Å². The van der Waals surface area contributed by atoms with E-state index in [1.807, 2.05) is 21.1 Å². The highest BCUT2D eigenvalue weighted by Crippen LogP contribution is 2.33. The van der Waals surface area contributed by atoms with Crippen molar-refractivity contribution in [3.63, 3.8) is 0 Å². The van der Waals surface area contributed by atoms with E-state index in [0.717, 1.165) is 12.6 Å². The summed E-state index contributed by atoms with van der Waals surface area (Å²) in [5, 5.41) is 9.46. The summed E-state index contributed by atoms with van der Waals surface area (Å²) in [6.07, 6.45) is 19.7. The molecule has 0 saturated carbocycles. The summed E-state index contributed by atoms with van der Waals surface area (Å²) < 4.78 is 13.0. The lowest BCUT2D eigenvalue weighted by Crippen LogP contribution is -2.45. The number of unbranched alkanes of at least 4 members (excludes halogenated alkanes) is 13. The van der Waals surface area contributed by atoms with Gasteiger partial charge in [0, 0.05) is 6.16 Å². The van der Waals surface area contributed by atoms with E-state index in [2.05, 4.69) is 6.92 Å². The molecule has 0 aliphatic rings. The quantitative estimate of drug-likeness (QED) is 0.179. The van der Waals surface area contributed by atoms with Crippen LogP contribution >= 0.6 is 7.80 Å². The van der Waals surface area contributed by atoms with Crippen LogP contribution in [0.25, 0.3) is 0 Å². The molecule has 0 aromatic rings. The van der Waals surface area contributed by atoms with Crippen LogP contribution in [0.3, 0.4) is 0 Å². The first kappa shape index (κ1) is 25.1. The van der Waals surface area contributed by atoms with Crippen molar-refractivity contribution in [1.29, 1.82) is 0 Å². The third kappa shape index (κ3) is 15.0. The minimum absolute atomic E-state index is 0.0416. The molecule has 0 rings (SSSR count). The Morgan fingerprint density at radius 2 is 1.08 bits per heavy atom. The van der Waals surface area contributed by atoms with Gasteiger partial charge >= 0.3 is 0 Å². The molecule has 0 aromatic carbocycles. The Morgan fingerprint density at radius 1 is 0.720 bits per heavy atom. The van der Waals surface area contributed by atoms with E-state index in [1.165, 1.54) is 83.5 Å². The maximum absolute atomic E-state index is 12.3. The van der Waals surface area contributed by atoms with E-state index in [1.54, 1.807) is 0 Å². The standard InChI is InChI=1S/C21H47NO2P/c1-5-6-7-8-9-10-11-12-13-14-15-16-17-18-19-25(24)21(20-23)22(2,3)4/h21,23,25H,5-20H2,1-4H3/q+1. The molecule has 2 unspecified atom stereocenters. The van der Waals surface area contributed by atoms with E-state index in [0.29, 0.717) is 4.48 Å². The molecule has 0 bridgehead atoms. The highest BCUT2D eigenvalue weighted by Gasteiger charge is 2.28. The molecular weight excluding hydrogens is 329 g/mol. The van der Waals surface area contributed by atoms with E-state index >= 15 is 0 Å². The van der Waals surface area contributed by atoms with Gasteiger partial charge in [-0.2, -0.15) is 0 Å². The van der Waals surface area contributed by atoms with Crippen molar-refractivity contribution in [3.05, 3.63) is 0 Å². The maximum Gasteiger partial charge on any atom is 0.161 e. The third-order valence-electron chi connectivity index (χ3n) is 5.26. The second-order valence-electron chi connectivity index (χ2n) is 8.63. The van der Waals surface area contributed by atoms with Gasteiger partial charge in [0.15, 0.2) is 5.78 Å². The van der Waals surface area contributed by atoms with Crippen molar-refractivity contribution in [2.45, 2.75) is 103 Å². The second-order valence-corrected chi connectivity index (χ2v) is 10.7. The van der Waals surface area contributed by atoms with Gasteiger partial charge in [0.1, 0.15) is 14.4 Å². The van der Waals surface area contributed by atoms with Gasteiger partial charge in [0.05, 0.1) is 21.1 Å². The Morgan fingerprint density at radius 3 is 1.40 bits per heavy atom. The smallest absolute Gasteiger partial charge is 0.161 e. The van der Waals surface area contributed by atoms with Gasteiger partial charge in [-0.1, -0.05) is 90.4 Å². The summed E-state index contributed by atoms with van der Waals surface area (Å²) in [7, 11) is 4.39. The zero-order chi connectivity index (χ0) is 19.0. The molecule has 0 aliphatic carbocycles. The highest BCUT2D eigenvalue weighted by atomic mass is 31.1. The first-order chi connectivity index (χ1) is 11.9. The van der Waals surface area contributed by atoms with Crippen molar-refractivity contribution in [2.75, 3.05) is 33.9 Å². The fraction of sp³-hybridized carbons (Fsp3) is 1.00. The zero-order valence-electron chi connectivity index (χ0n) is 17.7. The lowest BCUT2D eigenvalue weighted by molar-refractivity contribution is -0.882. The molecule has 0 spiro atoms. The summed E-state index contributed by atoms with van der Waals surface area (Å²) in [5.41, 5.74) is 0. The molecule has 0 saturated heterocycles. The van der Waals surface area contributed by atoms with E-state index < -0.39 is 7.80 Å². The highest BCUT2D eigenvalue weighted by molar-refractivity contribution is 7.45. The molecule has 0 amide bonds. The first-order valence-electron chi connectivity index (χ1n) is 10.9. The van der Waals surface area contributed by atoms with Crippen molar-refractivity contribution < 1.29 is 14.2 Å². The first-order valence-corrected chi connectivity index (χ1v) is 12.6. The summed E-state index contributed by atoms with van der Waals surface area (Å²) in [6, 6.07) is 0. The Balaban J connectivity index is 3.38. The Labute approximate surface area is 159 Å². The largest absolute Gasteiger partial charge is 0.390 e. The van der Waals surface area contributed by atoms with Crippen molar-refractivity contribution in [1.82, 2.24) is 0 Å². The SMILES string of the molecule is CCCCCCCCCCCCCCCC[PH](=O)C(CO)[N+](C)(C)C. The van der Waals surface area contributed by atoms with Gasteiger partial charge in [-0.05, 0) is 6.42 Å². The number of rotatable bonds is 18. The molecule has 3 nitrogen and oxygen atoms in total. The van der Waals surface area contributed by atoms with Crippen LogP contribution in [0.1, 0.15) is 96.8 Å². The van der Waals surface area contributed by atoms with Crippen LogP contribution in [0.15, 0.2) is 0 Å². The predicted molar refractivity (Wildman–Crippen MR) is 113 cm³/mol. The van der Waals surface area contributed by atoms with Gasteiger partial charge in [-0.25, -0.2) is 0 Å². The summed E-state index contributed by atoms with van der Waals surface area (Å²) in [5.74, 6) is -0.0769. The number of aliphatic hydroxyl groups excluding tert-OH is 1. The van der Waals surface area contributed by atoms with Gasteiger partial charge in [-0.15, -0.1) is 0 Å². The van der Waals surface area contributed by atoms with Crippen LogP contribution in [0.5, 0.6) is 0 Å². The summed E-state index contributed by atoms with van der Waals surface area (Å²) in [6.45, 7) is 2.32. The van der Waals surface area contributed by atoms with Gasteiger partial charge in [0.2, 0.25) is 0 Å². The predicted octanol–water partition coefficient (Wildman–Crippen LogP) is 6.05. The van der Waals surface area contributed by atoms with Crippen LogP contribution in [0, 0.1) is 0 Å². The normalized spacial score (nSPS) is 14.6. The fourth-order valence-corrected chi connectivity index (χ4v) is 5.44. The van der Waals surface area contributed by atoms with Crippen molar-refractivity contribution in [3.8, 4) is 0 Å². The maximum atomic E-state index is 12.3. The number of hydrogen-bond donors (Lipinski definition) is 1. The second kappa shape index (κ2) is 16.3.